The van der Waals surface area contributed by atoms with Gasteiger partial charge in [-0.25, -0.2) is 0 Å². The fraction of sp³-hybridized carbons (Fsp3) is 0.0714. The lowest BCUT2D eigenvalue weighted by Gasteiger charge is -2.06. The Morgan fingerprint density at radius 2 is 1.55 bits per heavy atom. The highest BCUT2D eigenvalue weighted by molar-refractivity contribution is 6.31. The Kier molecular flexibility index (Phi) is 3.67. The molecule has 0 saturated carbocycles. The molecule has 0 spiro atoms. The summed E-state index contributed by atoms with van der Waals surface area (Å²) in [4.78, 5) is 11.6. The van der Waals surface area contributed by atoms with Crippen molar-refractivity contribution in [3.8, 4) is 0 Å². The molecular formula is C14H10Cl2N4. The second kappa shape index (κ2) is 5.61. The molecule has 1 N–H and O–H groups in total. The van der Waals surface area contributed by atoms with E-state index in [0.717, 1.165) is 5.56 Å². The highest BCUT2D eigenvalue weighted by Crippen LogP contribution is 2.16. The molecule has 0 aliphatic heterocycles. The molecule has 3 aromatic rings. The van der Waals surface area contributed by atoms with Crippen molar-refractivity contribution >= 4 is 39.9 Å². The molecule has 0 unspecified atom stereocenters. The van der Waals surface area contributed by atoms with E-state index in [2.05, 4.69) is 50.6 Å². The number of rotatable bonds is 3. The smallest absolute Gasteiger partial charge is 0.228 e. The summed E-state index contributed by atoms with van der Waals surface area (Å²) in [5, 5.41) is 5.63. The molecule has 100 valence electrons. The SMILES string of the molecule is Clc1nc(Cl)nc(NCc2ccc3ccccc3c2)n1. The number of hydrogen-bond donors (Lipinski definition) is 1. The van der Waals surface area contributed by atoms with Crippen molar-refractivity contribution < 1.29 is 0 Å². The molecule has 0 bridgehead atoms. The highest BCUT2D eigenvalue weighted by atomic mass is 35.5. The van der Waals surface area contributed by atoms with Crippen LogP contribution in [0.4, 0.5) is 5.95 Å². The topological polar surface area (TPSA) is 50.7 Å². The van der Waals surface area contributed by atoms with E-state index in [-0.39, 0.29) is 10.6 Å². The van der Waals surface area contributed by atoms with Crippen LogP contribution in [-0.4, -0.2) is 15.0 Å². The zero-order valence-electron chi connectivity index (χ0n) is 10.3. The molecule has 1 heterocycles. The Labute approximate surface area is 125 Å². The van der Waals surface area contributed by atoms with E-state index in [0.29, 0.717) is 12.5 Å². The van der Waals surface area contributed by atoms with E-state index >= 15 is 0 Å². The summed E-state index contributed by atoms with van der Waals surface area (Å²) in [5.74, 6) is 0.364. The highest BCUT2D eigenvalue weighted by Gasteiger charge is 2.03. The molecule has 0 radical (unpaired) electrons. The zero-order chi connectivity index (χ0) is 13.9. The van der Waals surface area contributed by atoms with Gasteiger partial charge in [0, 0.05) is 6.54 Å². The van der Waals surface area contributed by atoms with Crippen LogP contribution in [0.3, 0.4) is 0 Å². The molecule has 0 saturated heterocycles. The monoisotopic (exact) mass is 304 g/mol. The minimum absolute atomic E-state index is 0.0750. The van der Waals surface area contributed by atoms with Crippen molar-refractivity contribution in [3.63, 3.8) is 0 Å². The Morgan fingerprint density at radius 3 is 2.30 bits per heavy atom. The summed E-state index contributed by atoms with van der Waals surface area (Å²) < 4.78 is 0. The largest absolute Gasteiger partial charge is 0.350 e. The predicted molar refractivity (Wildman–Crippen MR) is 81.1 cm³/mol. The van der Waals surface area contributed by atoms with Gasteiger partial charge >= 0.3 is 0 Å². The summed E-state index contributed by atoms with van der Waals surface area (Å²) in [7, 11) is 0. The van der Waals surface area contributed by atoms with Gasteiger partial charge in [0.15, 0.2) is 0 Å². The number of anilines is 1. The van der Waals surface area contributed by atoms with Gasteiger partial charge in [0.1, 0.15) is 0 Å². The summed E-state index contributed by atoms with van der Waals surface area (Å²) in [6, 6.07) is 14.5. The van der Waals surface area contributed by atoms with Crippen LogP contribution in [0.5, 0.6) is 0 Å². The van der Waals surface area contributed by atoms with Gasteiger partial charge in [0.2, 0.25) is 16.5 Å². The van der Waals surface area contributed by atoms with Gasteiger partial charge < -0.3 is 5.32 Å². The van der Waals surface area contributed by atoms with Gasteiger partial charge in [-0.05, 0) is 45.6 Å². The zero-order valence-corrected chi connectivity index (χ0v) is 11.9. The van der Waals surface area contributed by atoms with Crippen LogP contribution in [0.2, 0.25) is 10.6 Å². The maximum absolute atomic E-state index is 5.72. The maximum Gasteiger partial charge on any atom is 0.228 e. The van der Waals surface area contributed by atoms with Gasteiger partial charge in [-0.2, -0.15) is 15.0 Å². The number of fused-ring (bicyclic) bond motifs is 1. The van der Waals surface area contributed by atoms with E-state index in [1.165, 1.54) is 10.8 Å². The molecule has 20 heavy (non-hydrogen) atoms. The van der Waals surface area contributed by atoms with Gasteiger partial charge in [0.25, 0.3) is 0 Å². The molecule has 0 fully saturated rings. The van der Waals surface area contributed by atoms with Crippen molar-refractivity contribution in [1.82, 2.24) is 15.0 Å². The first-order valence-corrected chi connectivity index (χ1v) is 6.75. The molecule has 2 aromatic carbocycles. The second-order valence-corrected chi connectivity index (χ2v) is 4.91. The average Bonchev–Trinajstić information content (AvgIpc) is 2.44. The van der Waals surface area contributed by atoms with Crippen LogP contribution in [0, 0.1) is 0 Å². The van der Waals surface area contributed by atoms with E-state index in [4.69, 9.17) is 23.2 Å². The Hall–Kier alpha value is -1.91. The van der Waals surface area contributed by atoms with Gasteiger partial charge in [0.05, 0.1) is 0 Å². The molecule has 3 rings (SSSR count). The van der Waals surface area contributed by atoms with Crippen LogP contribution in [0.1, 0.15) is 5.56 Å². The predicted octanol–water partition coefficient (Wildman–Crippen LogP) is 3.94. The number of halogens is 2. The van der Waals surface area contributed by atoms with Crippen LogP contribution in [-0.2, 0) is 6.54 Å². The third-order valence-corrected chi connectivity index (χ3v) is 3.18. The summed E-state index contributed by atoms with van der Waals surface area (Å²) >= 11 is 11.4. The lowest BCUT2D eigenvalue weighted by Crippen LogP contribution is -2.04. The van der Waals surface area contributed by atoms with Gasteiger partial charge in [-0.3, -0.25) is 0 Å². The summed E-state index contributed by atoms with van der Waals surface area (Å²) in [5.41, 5.74) is 1.12. The number of hydrogen-bond acceptors (Lipinski definition) is 4. The fourth-order valence-electron chi connectivity index (χ4n) is 1.93. The maximum atomic E-state index is 5.72. The molecule has 0 aliphatic rings. The average molecular weight is 305 g/mol. The second-order valence-electron chi connectivity index (χ2n) is 4.23. The van der Waals surface area contributed by atoms with E-state index in [1.54, 1.807) is 0 Å². The number of aromatic nitrogens is 3. The van der Waals surface area contributed by atoms with Crippen LogP contribution in [0.15, 0.2) is 42.5 Å². The Morgan fingerprint density at radius 1 is 0.850 bits per heavy atom. The van der Waals surface area contributed by atoms with Crippen molar-refractivity contribution in [1.29, 1.82) is 0 Å². The van der Waals surface area contributed by atoms with Crippen molar-refractivity contribution in [2.24, 2.45) is 0 Å². The lowest BCUT2D eigenvalue weighted by atomic mass is 10.1. The van der Waals surface area contributed by atoms with Crippen LogP contribution >= 0.6 is 23.2 Å². The normalized spacial score (nSPS) is 10.7. The number of nitrogens with zero attached hydrogens (tertiary/aromatic N) is 3. The van der Waals surface area contributed by atoms with Crippen molar-refractivity contribution in [2.75, 3.05) is 5.32 Å². The molecule has 0 atom stereocenters. The first-order valence-electron chi connectivity index (χ1n) is 5.99. The quantitative estimate of drug-likeness (QED) is 0.796. The van der Waals surface area contributed by atoms with Crippen molar-refractivity contribution in [3.05, 3.63) is 58.6 Å². The minimum Gasteiger partial charge on any atom is -0.350 e. The van der Waals surface area contributed by atoms with Gasteiger partial charge in [-0.1, -0.05) is 36.4 Å². The Balaban J connectivity index is 1.79. The third-order valence-electron chi connectivity index (χ3n) is 2.85. The van der Waals surface area contributed by atoms with Crippen LogP contribution in [0.25, 0.3) is 10.8 Å². The Bertz CT molecular complexity index is 741. The summed E-state index contributed by atoms with van der Waals surface area (Å²) in [6.07, 6.45) is 0. The molecule has 0 amide bonds. The van der Waals surface area contributed by atoms with Gasteiger partial charge in [-0.15, -0.1) is 0 Å². The molecule has 0 aliphatic carbocycles. The number of nitrogens with one attached hydrogen (secondary N) is 1. The number of benzene rings is 2. The summed E-state index contributed by atoms with van der Waals surface area (Å²) in [6.45, 7) is 0.585. The minimum atomic E-state index is 0.0750. The molecule has 1 aromatic heterocycles. The standard InChI is InChI=1S/C14H10Cl2N4/c15-12-18-13(16)20-14(19-12)17-8-9-5-6-10-3-1-2-4-11(10)7-9/h1-7H,8H2,(H,17,18,19,20). The fourth-order valence-corrected chi connectivity index (χ4v) is 2.30. The molecule has 4 nitrogen and oxygen atoms in total. The van der Waals surface area contributed by atoms with E-state index in [1.807, 2.05) is 12.1 Å². The van der Waals surface area contributed by atoms with E-state index in [9.17, 15) is 0 Å². The van der Waals surface area contributed by atoms with Crippen molar-refractivity contribution in [2.45, 2.75) is 6.54 Å². The molecular weight excluding hydrogens is 295 g/mol. The van der Waals surface area contributed by atoms with Crippen LogP contribution < -0.4 is 5.32 Å². The first-order chi connectivity index (χ1) is 9.70. The lowest BCUT2D eigenvalue weighted by molar-refractivity contribution is 1.00. The van der Waals surface area contributed by atoms with E-state index < -0.39 is 0 Å². The molecule has 6 heteroatoms. The third kappa shape index (κ3) is 2.98. The first kappa shape index (κ1) is 13.1.